The van der Waals surface area contributed by atoms with Crippen molar-refractivity contribution in [3.63, 3.8) is 0 Å². The van der Waals surface area contributed by atoms with E-state index in [2.05, 4.69) is 46.8 Å². The van der Waals surface area contributed by atoms with Crippen molar-refractivity contribution in [1.29, 1.82) is 0 Å². The largest absolute Gasteiger partial charge is 0.462 e. The molecule has 0 heterocycles. The summed E-state index contributed by atoms with van der Waals surface area (Å²) in [7, 11) is 0. The van der Waals surface area contributed by atoms with E-state index in [0.717, 1.165) is 12.8 Å². The molecule has 0 bridgehead atoms. The summed E-state index contributed by atoms with van der Waals surface area (Å²) in [5.74, 6) is 1.10. The van der Waals surface area contributed by atoms with Crippen LogP contribution in [0.15, 0.2) is 12.2 Å². The van der Waals surface area contributed by atoms with Crippen LogP contribution in [0.1, 0.15) is 87.0 Å². The summed E-state index contributed by atoms with van der Waals surface area (Å²) in [6.45, 7) is 14.5. The fraction of sp³-hybridized carbons (Fsp3) is 0.867. The first-order valence-corrected chi connectivity index (χ1v) is 14.1. The quantitative estimate of drug-likeness (QED) is 0.381. The van der Waals surface area contributed by atoms with Crippen molar-refractivity contribution in [3.8, 4) is 0 Å². The van der Waals surface area contributed by atoms with Crippen LogP contribution in [0.25, 0.3) is 0 Å². The van der Waals surface area contributed by atoms with E-state index in [-0.39, 0.29) is 47.8 Å². The lowest BCUT2D eigenvalue weighted by Crippen LogP contribution is -2.74. The Kier molecular flexibility index (Phi) is 7.33. The second-order valence-corrected chi connectivity index (χ2v) is 13.5. The van der Waals surface area contributed by atoms with Crippen molar-refractivity contribution in [2.75, 3.05) is 0 Å². The average Bonchev–Trinajstić information content (AvgIpc) is 3.11. The highest BCUT2D eigenvalue weighted by Gasteiger charge is 2.73. The summed E-state index contributed by atoms with van der Waals surface area (Å²) in [4.78, 5) is 25.9. The van der Waals surface area contributed by atoms with Crippen LogP contribution in [0, 0.1) is 52.3 Å². The predicted molar refractivity (Wildman–Crippen MR) is 138 cm³/mol. The number of aliphatic hydroxyl groups excluding tert-OH is 2. The summed E-state index contributed by atoms with van der Waals surface area (Å²) in [5, 5.41) is 33.4. The molecule has 6 heteroatoms. The third-order valence-corrected chi connectivity index (χ3v) is 11.4. The zero-order valence-corrected chi connectivity index (χ0v) is 23.2. The molecule has 0 saturated heterocycles. The number of hydrogen-bond acceptors (Lipinski definition) is 6. The third kappa shape index (κ3) is 4.10. The average molecular weight is 505 g/mol. The molecule has 4 aliphatic carbocycles. The molecule has 12 atom stereocenters. The van der Waals surface area contributed by atoms with Gasteiger partial charge in [-0.3, -0.25) is 9.59 Å². The fourth-order valence-corrected chi connectivity index (χ4v) is 9.12. The Morgan fingerprint density at radius 1 is 1.08 bits per heavy atom. The van der Waals surface area contributed by atoms with E-state index in [1.807, 2.05) is 0 Å². The topological polar surface area (TPSA) is 104 Å². The van der Waals surface area contributed by atoms with Crippen molar-refractivity contribution < 1.29 is 29.6 Å². The molecule has 0 radical (unpaired) electrons. The van der Waals surface area contributed by atoms with E-state index in [1.165, 1.54) is 6.92 Å². The lowest BCUT2D eigenvalue weighted by atomic mass is 9.41. The number of rotatable bonds is 5. The van der Waals surface area contributed by atoms with Gasteiger partial charge in [0, 0.05) is 25.7 Å². The molecule has 4 aliphatic rings. The molecular weight excluding hydrogens is 456 g/mol. The van der Waals surface area contributed by atoms with Gasteiger partial charge in [-0.15, -0.1) is 0 Å². The number of fused-ring (bicyclic) bond motifs is 5. The third-order valence-electron chi connectivity index (χ3n) is 11.4. The second kappa shape index (κ2) is 9.50. The van der Waals surface area contributed by atoms with Crippen LogP contribution in [-0.2, 0) is 14.3 Å². The number of Topliss-reactive ketones (excluding diaryl/α,β-unsaturated/α-hetero) is 1. The van der Waals surface area contributed by atoms with Gasteiger partial charge in [0.05, 0.1) is 17.6 Å². The fourth-order valence-electron chi connectivity index (χ4n) is 9.12. The summed E-state index contributed by atoms with van der Waals surface area (Å²) >= 11 is 0. The minimum absolute atomic E-state index is 0.0349. The number of carbonyl (C=O) groups excluding carboxylic acids is 2. The molecule has 0 amide bonds. The number of esters is 1. The van der Waals surface area contributed by atoms with Crippen molar-refractivity contribution in [1.82, 2.24) is 0 Å². The zero-order chi connectivity index (χ0) is 26.8. The van der Waals surface area contributed by atoms with Gasteiger partial charge in [-0.25, -0.2) is 0 Å². The first-order valence-electron chi connectivity index (χ1n) is 14.1. The summed E-state index contributed by atoms with van der Waals surface area (Å²) < 4.78 is 6.00. The Morgan fingerprint density at radius 2 is 1.75 bits per heavy atom. The molecule has 0 spiro atoms. The molecule has 204 valence electrons. The maximum absolute atomic E-state index is 13.6. The van der Waals surface area contributed by atoms with Crippen LogP contribution >= 0.6 is 0 Å². The normalized spacial score (nSPS) is 48.3. The van der Waals surface area contributed by atoms with Crippen molar-refractivity contribution >= 4 is 11.8 Å². The SMILES string of the molecule is CC(=O)O[C@@H]1C[C@]2(C)[C@@H]([C@H](C)/C=C/[C@H](C)C(C)C)CC[C@H]2[C@@H]2C[C@@H](O)[C@@]3(O)C[C@@H](O)CC(=O)[C@]3(C)[C@H]21. The Bertz CT molecular complexity index is 898. The predicted octanol–water partition coefficient (Wildman–Crippen LogP) is 4.30. The van der Waals surface area contributed by atoms with Gasteiger partial charge in [0.1, 0.15) is 17.5 Å². The van der Waals surface area contributed by atoms with Crippen molar-refractivity contribution in [2.24, 2.45) is 52.3 Å². The second-order valence-electron chi connectivity index (χ2n) is 13.5. The highest BCUT2D eigenvalue weighted by molar-refractivity contribution is 5.88. The van der Waals surface area contributed by atoms with Gasteiger partial charge in [0.2, 0.25) is 0 Å². The van der Waals surface area contributed by atoms with Gasteiger partial charge in [-0.1, -0.05) is 46.8 Å². The first kappa shape index (κ1) is 27.8. The number of hydrogen-bond donors (Lipinski definition) is 3. The van der Waals surface area contributed by atoms with E-state index in [0.29, 0.717) is 36.5 Å². The minimum atomic E-state index is -1.73. The maximum atomic E-state index is 13.6. The highest BCUT2D eigenvalue weighted by atomic mass is 16.5. The lowest BCUT2D eigenvalue weighted by Gasteiger charge is -2.65. The van der Waals surface area contributed by atoms with Gasteiger partial charge in [-0.05, 0) is 73.5 Å². The number of allylic oxidation sites excluding steroid dienone is 2. The molecule has 0 aromatic rings. The molecule has 36 heavy (non-hydrogen) atoms. The van der Waals surface area contributed by atoms with E-state index < -0.39 is 29.3 Å². The Morgan fingerprint density at radius 3 is 2.36 bits per heavy atom. The number of carbonyl (C=O) groups is 2. The monoisotopic (exact) mass is 504 g/mol. The van der Waals surface area contributed by atoms with Crippen molar-refractivity contribution in [3.05, 3.63) is 12.2 Å². The Balaban J connectivity index is 1.73. The van der Waals surface area contributed by atoms with E-state index in [4.69, 9.17) is 4.74 Å². The summed E-state index contributed by atoms with van der Waals surface area (Å²) in [5.41, 5.74) is -3.10. The molecule has 4 fully saturated rings. The van der Waals surface area contributed by atoms with Crippen LogP contribution < -0.4 is 0 Å². The molecule has 4 saturated carbocycles. The van der Waals surface area contributed by atoms with Crippen LogP contribution in [0.3, 0.4) is 0 Å². The maximum Gasteiger partial charge on any atom is 0.302 e. The van der Waals surface area contributed by atoms with Crippen LogP contribution in [0.2, 0.25) is 0 Å². The summed E-state index contributed by atoms with van der Waals surface area (Å²) in [6, 6.07) is 0. The van der Waals surface area contributed by atoms with E-state index in [1.54, 1.807) is 6.92 Å². The van der Waals surface area contributed by atoms with Gasteiger partial charge in [0.25, 0.3) is 0 Å². The van der Waals surface area contributed by atoms with Gasteiger partial charge >= 0.3 is 5.97 Å². The molecule has 4 rings (SSSR count). The number of ketones is 1. The number of ether oxygens (including phenoxy) is 1. The standard InChI is InChI=1S/C30H48O6/c1-16(2)17(3)8-9-18(4)22-10-11-23-21-13-26(34)30(35)14-20(32)12-25(33)29(30,7)27(21)24(36-19(5)31)15-28(22,23)6/h8-9,16-18,20-24,26-27,32,34-35H,10-15H2,1-7H3/b9-8+/t17-,18+,20-,21-,22+,23-,24+,26+,27+,28+,29+,30-/m0/s1. The van der Waals surface area contributed by atoms with Gasteiger partial charge in [0.15, 0.2) is 0 Å². The molecule has 0 unspecified atom stereocenters. The van der Waals surface area contributed by atoms with E-state index in [9.17, 15) is 24.9 Å². The molecule has 0 aromatic heterocycles. The lowest BCUT2D eigenvalue weighted by molar-refractivity contribution is -0.270. The van der Waals surface area contributed by atoms with Crippen molar-refractivity contribution in [2.45, 2.75) is 111 Å². The zero-order valence-electron chi connectivity index (χ0n) is 23.2. The molecular formula is C30H48O6. The molecule has 6 nitrogen and oxygen atoms in total. The van der Waals surface area contributed by atoms with Crippen LogP contribution in [-0.4, -0.2) is 51.0 Å². The van der Waals surface area contributed by atoms with Crippen LogP contribution in [0.4, 0.5) is 0 Å². The van der Waals surface area contributed by atoms with Gasteiger partial charge in [-0.2, -0.15) is 0 Å². The van der Waals surface area contributed by atoms with Gasteiger partial charge < -0.3 is 20.1 Å². The molecule has 3 N–H and O–H groups in total. The molecule has 0 aliphatic heterocycles. The minimum Gasteiger partial charge on any atom is -0.462 e. The Hall–Kier alpha value is -1.24. The van der Waals surface area contributed by atoms with Crippen LogP contribution in [0.5, 0.6) is 0 Å². The number of aliphatic hydroxyl groups is 3. The first-order chi connectivity index (χ1) is 16.7. The Labute approximate surface area is 216 Å². The highest BCUT2D eigenvalue weighted by Crippen LogP contribution is 2.69. The summed E-state index contributed by atoms with van der Waals surface area (Å²) in [6.07, 6.45) is 5.10. The van der Waals surface area contributed by atoms with E-state index >= 15 is 0 Å². The molecule has 0 aromatic carbocycles. The smallest absolute Gasteiger partial charge is 0.302 e.